The number of ether oxygens (including phenoxy) is 3. The number of hydrogen-bond donors (Lipinski definition) is 0. The van der Waals surface area contributed by atoms with Gasteiger partial charge in [0.1, 0.15) is 11.5 Å². The number of benzene rings is 1. The zero-order chi connectivity index (χ0) is 27.1. The molecule has 1 aromatic carbocycles. The van der Waals surface area contributed by atoms with Gasteiger partial charge >= 0.3 is 0 Å². The molecule has 0 unspecified atom stereocenters. The second-order valence-electron chi connectivity index (χ2n) is 9.84. The molecule has 1 heterocycles. The lowest BCUT2D eigenvalue weighted by molar-refractivity contribution is 0.232. The van der Waals surface area contributed by atoms with Crippen LogP contribution < -0.4 is 4.74 Å². The van der Waals surface area contributed by atoms with Crippen LogP contribution in [0.4, 0.5) is 0 Å². The summed E-state index contributed by atoms with van der Waals surface area (Å²) in [4.78, 5) is 2.42. The van der Waals surface area contributed by atoms with Gasteiger partial charge in [-0.3, -0.25) is 4.90 Å². The second-order valence-corrected chi connectivity index (χ2v) is 9.84. The van der Waals surface area contributed by atoms with E-state index in [4.69, 9.17) is 14.2 Å². The molecule has 0 aromatic heterocycles. The second kappa shape index (κ2) is 15.9. The smallest absolute Gasteiger partial charge is 0.156 e. The number of nitrogens with zero attached hydrogens (tertiary/aromatic N) is 1. The third-order valence-corrected chi connectivity index (χ3v) is 6.10. The Labute approximate surface area is 220 Å². The molecule has 198 valence electrons. The monoisotopic (exact) mass is 493 g/mol. The molecular formula is C32H47NO3. The molecule has 2 rings (SSSR count). The Kier molecular flexibility index (Phi) is 13.7. The number of hydrogen-bond acceptors (Lipinski definition) is 4. The summed E-state index contributed by atoms with van der Waals surface area (Å²) >= 11 is 0. The molecule has 0 atom stereocenters. The van der Waals surface area contributed by atoms with Crippen LogP contribution >= 0.6 is 0 Å². The van der Waals surface area contributed by atoms with Gasteiger partial charge in [0.15, 0.2) is 5.76 Å². The molecule has 0 amide bonds. The number of allylic oxidation sites excluding steroid dienone is 6. The summed E-state index contributed by atoms with van der Waals surface area (Å²) in [5.41, 5.74) is 3.96. The van der Waals surface area contributed by atoms with Crippen LogP contribution in [0, 0.1) is 0 Å². The fourth-order valence-corrected chi connectivity index (χ4v) is 3.51. The van der Waals surface area contributed by atoms with Gasteiger partial charge in [0.2, 0.25) is 0 Å². The molecule has 4 nitrogen and oxygen atoms in total. The van der Waals surface area contributed by atoms with Crippen molar-refractivity contribution in [3.63, 3.8) is 0 Å². The van der Waals surface area contributed by atoms with Gasteiger partial charge in [0, 0.05) is 19.6 Å². The SMILES string of the molecule is C/C=C(\C)Oc1ccc(C(C)(C)C)cc1.C=C/C=C/CN1CCC(=C)/C(=C\C(OC)=C(/C)OC)CC1. The van der Waals surface area contributed by atoms with Crippen LogP contribution in [0.15, 0.2) is 96.2 Å². The first kappa shape index (κ1) is 31.1. The maximum absolute atomic E-state index is 5.59. The number of likely N-dealkylation sites (tertiary alicyclic amines) is 1. The van der Waals surface area contributed by atoms with E-state index in [2.05, 4.69) is 63.1 Å². The summed E-state index contributed by atoms with van der Waals surface area (Å²) in [5.74, 6) is 3.39. The van der Waals surface area contributed by atoms with Crippen molar-refractivity contribution in [1.82, 2.24) is 4.90 Å². The Morgan fingerprint density at radius 2 is 1.67 bits per heavy atom. The standard InChI is InChI=1S/C18H27NO2.C14H20O/c1-6-7-8-11-19-12-9-15(2)17(10-13-19)14-18(21-5)16(3)20-4;1-6-11(2)15-13-9-7-12(8-10-13)14(3,4)5/h6-8,14H,1-2,9-13H2,3-5H3;6-10H,1-5H3/b8-7+,17-14-,18-16-;11-6+. The summed E-state index contributed by atoms with van der Waals surface area (Å²) in [5, 5.41) is 0. The maximum Gasteiger partial charge on any atom is 0.156 e. The van der Waals surface area contributed by atoms with E-state index in [1.807, 2.05) is 51.1 Å². The first-order chi connectivity index (χ1) is 17.0. The fraction of sp³-hybridized carbons (Fsp3) is 0.438. The topological polar surface area (TPSA) is 30.9 Å². The van der Waals surface area contributed by atoms with Crippen LogP contribution in [0.1, 0.15) is 59.9 Å². The minimum atomic E-state index is 0.203. The van der Waals surface area contributed by atoms with Crippen molar-refractivity contribution in [1.29, 1.82) is 0 Å². The molecule has 0 bridgehead atoms. The lowest BCUT2D eigenvalue weighted by Crippen LogP contribution is -2.24. The molecule has 1 aliphatic rings. The number of methoxy groups -OCH3 is 2. The van der Waals surface area contributed by atoms with Gasteiger partial charge in [-0.05, 0) is 74.4 Å². The Hall–Kier alpha value is -2.98. The highest BCUT2D eigenvalue weighted by molar-refractivity contribution is 5.35. The Morgan fingerprint density at radius 3 is 2.19 bits per heavy atom. The molecule has 0 N–H and O–H groups in total. The normalized spacial score (nSPS) is 17.2. The quantitative estimate of drug-likeness (QED) is 0.270. The highest BCUT2D eigenvalue weighted by Gasteiger charge is 2.15. The Balaban J connectivity index is 0.000000381. The number of rotatable bonds is 8. The minimum Gasteiger partial charge on any atom is -0.498 e. The summed E-state index contributed by atoms with van der Waals surface area (Å²) in [7, 11) is 3.32. The molecule has 1 fully saturated rings. The van der Waals surface area contributed by atoms with Crippen molar-refractivity contribution in [2.24, 2.45) is 0 Å². The Morgan fingerprint density at radius 1 is 1.03 bits per heavy atom. The molecular weight excluding hydrogens is 446 g/mol. The third kappa shape index (κ3) is 11.2. The fourth-order valence-electron chi connectivity index (χ4n) is 3.51. The average molecular weight is 494 g/mol. The van der Waals surface area contributed by atoms with Gasteiger partial charge in [-0.1, -0.05) is 69.9 Å². The van der Waals surface area contributed by atoms with Crippen molar-refractivity contribution in [2.75, 3.05) is 33.9 Å². The largest absolute Gasteiger partial charge is 0.498 e. The lowest BCUT2D eigenvalue weighted by Gasteiger charge is -2.19. The highest BCUT2D eigenvalue weighted by Crippen LogP contribution is 2.25. The summed E-state index contributed by atoms with van der Waals surface area (Å²) in [6.07, 6.45) is 11.9. The molecule has 1 aliphatic heterocycles. The van der Waals surface area contributed by atoms with E-state index in [9.17, 15) is 0 Å². The van der Waals surface area contributed by atoms with Gasteiger partial charge in [-0.25, -0.2) is 0 Å². The zero-order valence-corrected chi connectivity index (χ0v) is 23.8. The molecule has 4 heteroatoms. The van der Waals surface area contributed by atoms with Crippen molar-refractivity contribution in [3.8, 4) is 5.75 Å². The minimum absolute atomic E-state index is 0.203. The van der Waals surface area contributed by atoms with Crippen LogP contribution in [0.2, 0.25) is 0 Å². The van der Waals surface area contributed by atoms with Crippen LogP contribution in [-0.2, 0) is 14.9 Å². The molecule has 1 saturated heterocycles. The predicted molar refractivity (Wildman–Crippen MR) is 154 cm³/mol. The van der Waals surface area contributed by atoms with Gasteiger partial charge in [-0.15, -0.1) is 0 Å². The van der Waals surface area contributed by atoms with Crippen LogP contribution in [-0.4, -0.2) is 38.8 Å². The molecule has 0 aliphatic carbocycles. The van der Waals surface area contributed by atoms with Gasteiger partial charge < -0.3 is 14.2 Å². The maximum atomic E-state index is 5.59. The molecule has 0 saturated carbocycles. The van der Waals surface area contributed by atoms with E-state index in [-0.39, 0.29) is 5.41 Å². The van der Waals surface area contributed by atoms with Gasteiger partial charge in [0.25, 0.3) is 0 Å². The van der Waals surface area contributed by atoms with E-state index in [0.717, 1.165) is 55.5 Å². The average Bonchev–Trinajstić information content (AvgIpc) is 3.03. The van der Waals surface area contributed by atoms with Crippen molar-refractivity contribution < 1.29 is 14.2 Å². The van der Waals surface area contributed by atoms with E-state index >= 15 is 0 Å². The van der Waals surface area contributed by atoms with Crippen molar-refractivity contribution in [3.05, 3.63) is 102 Å². The van der Waals surface area contributed by atoms with Crippen LogP contribution in [0.25, 0.3) is 0 Å². The molecule has 0 spiro atoms. The van der Waals surface area contributed by atoms with Gasteiger partial charge in [-0.2, -0.15) is 0 Å². The zero-order valence-electron chi connectivity index (χ0n) is 23.8. The summed E-state index contributed by atoms with van der Waals surface area (Å²) in [6.45, 7) is 23.4. The summed E-state index contributed by atoms with van der Waals surface area (Å²) < 4.78 is 16.2. The molecule has 1 aromatic rings. The van der Waals surface area contributed by atoms with E-state index < -0.39 is 0 Å². The van der Waals surface area contributed by atoms with E-state index in [1.165, 1.54) is 16.7 Å². The first-order valence-electron chi connectivity index (χ1n) is 12.6. The third-order valence-electron chi connectivity index (χ3n) is 6.10. The molecule has 36 heavy (non-hydrogen) atoms. The van der Waals surface area contributed by atoms with Crippen LogP contribution in [0.5, 0.6) is 5.75 Å². The predicted octanol–water partition coefficient (Wildman–Crippen LogP) is 8.12. The lowest BCUT2D eigenvalue weighted by atomic mass is 9.87. The van der Waals surface area contributed by atoms with E-state index in [1.54, 1.807) is 14.2 Å². The van der Waals surface area contributed by atoms with Gasteiger partial charge in [0.05, 0.1) is 20.0 Å². The Bertz CT molecular complexity index is 956. The first-order valence-corrected chi connectivity index (χ1v) is 12.6. The van der Waals surface area contributed by atoms with Crippen molar-refractivity contribution >= 4 is 0 Å². The molecule has 0 radical (unpaired) electrons. The van der Waals surface area contributed by atoms with Crippen molar-refractivity contribution in [2.45, 2.75) is 59.8 Å². The van der Waals surface area contributed by atoms with Crippen LogP contribution in [0.3, 0.4) is 0 Å². The highest BCUT2D eigenvalue weighted by atomic mass is 16.5. The summed E-state index contributed by atoms with van der Waals surface area (Å²) in [6, 6.07) is 8.29. The van der Waals surface area contributed by atoms with E-state index in [0.29, 0.717) is 0 Å².